The quantitative estimate of drug-likeness (QED) is 0.388. The van der Waals surface area contributed by atoms with Gasteiger partial charge in [0.1, 0.15) is 10.6 Å². The number of thiophene rings is 1. The molecule has 0 aliphatic heterocycles. The number of hydrogen-bond donors (Lipinski definition) is 1. The molecule has 0 spiro atoms. The van der Waals surface area contributed by atoms with E-state index >= 15 is 0 Å². The van der Waals surface area contributed by atoms with E-state index in [2.05, 4.69) is 5.32 Å². The number of ether oxygens (including phenoxy) is 1. The molecule has 1 heterocycles. The summed E-state index contributed by atoms with van der Waals surface area (Å²) in [6, 6.07) is 14.5. The van der Waals surface area contributed by atoms with Crippen LogP contribution < -0.4 is 5.32 Å². The third-order valence-corrected chi connectivity index (χ3v) is 5.51. The van der Waals surface area contributed by atoms with Crippen molar-refractivity contribution in [3.05, 3.63) is 81.2 Å². The van der Waals surface area contributed by atoms with Crippen molar-refractivity contribution in [2.24, 2.45) is 0 Å². The summed E-state index contributed by atoms with van der Waals surface area (Å²) < 4.78 is 4.90. The van der Waals surface area contributed by atoms with Gasteiger partial charge in [0, 0.05) is 17.0 Å². The first-order valence-electron chi connectivity index (χ1n) is 8.19. The average Bonchev–Trinajstić information content (AvgIpc) is 3.12. The fraction of sp³-hybridized carbons (Fsp3) is 0.0476. The van der Waals surface area contributed by atoms with E-state index in [-0.39, 0.29) is 5.91 Å². The van der Waals surface area contributed by atoms with E-state index in [0.717, 1.165) is 11.1 Å². The molecule has 0 saturated carbocycles. The van der Waals surface area contributed by atoms with Gasteiger partial charge in [0.2, 0.25) is 5.91 Å². The van der Waals surface area contributed by atoms with E-state index < -0.39 is 5.97 Å². The highest BCUT2D eigenvalue weighted by molar-refractivity contribution is 7.15. The molecule has 7 heteroatoms. The molecule has 142 valence electrons. The molecule has 0 unspecified atom stereocenters. The van der Waals surface area contributed by atoms with E-state index in [1.807, 2.05) is 35.7 Å². The van der Waals surface area contributed by atoms with Gasteiger partial charge in [0.05, 0.1) is 17.2 Å². The van der Waals surface area contributed by atoms with Gasteiger partial charge in [-0.05, 0) is 29.3 Å². The molecule has 0 saturated heterocycles. The number of esters is 1. The Kier molecular flexibility index (Phi) is 6.52. The Bertz CT molecular complexity index is 1050. The van der Waals surface area contributed by atoms with Crippen molar-refractivity contribution in [3.63, 3.8) is 0 Å². The minimum absolute atomic E-state index is 0.329. The summed E-state index contributed by atoms with van der Waals surface area (Å²) >= 11 is 13.1. The zero-order valence-electron chi connectivity index (χ0n) is 14.7. The first kappa shape index (κ1) is 20.1. The fourth-order valence-corrected chi connectivity index (χ4v) is 3.79. The Morgan fingerprint density at radius 2 is 1.82 bits per heavy atom. The van der Waals surface area contributed by atoms with E-state index in [1.54, 1.807) is 24.3 Å². The lowest BCUT2D eigenvalue weighted by atomic mass is 10.0. The number of nitrogens with one attached hydrogen (secondary N) is 1. The summed E-state index contributed by atoms with van der Waals surface area (Å²) in [5, 5.41) is 5.84. The van der Waals surface area contributed by atoms with Crippen molar-refractivity contribution in [1.29, 1.82) is 0 Å². The monoisotopic (exact) mass is 431 g/mol. The standard InChI is InChI=1S/C21H15Cl2NO3S/c1-27-21(26)19-15(14-5-3-2-4-6-14)12-28-20(19)24-18(25)10-8-13-7-9-16(22)17(23)11-13/h2-12H,1H3,(H,24,25). The van der Waals surface area contributed by atoms with E-state index in [9.17, 15) is 9.59 Å². The average molecular weight is 432 g/mol. The number of rotatable bonds is 5. The lowest BCUT2D eigenvalue weighted by Crippen LogP contribution is -2.11. The SMILES string of the molecule is COC(=O)c1c(-c2ccccc2)csc1NC(=O)C=Cc1ccc(Cl)c(Cl)c1. The van der Waals surface area contributed by atoms with Gasteiger partial charge < -0.3 is 10.1 Å². The van der Waals surface area contributed by atoms with Crippen molar-refractivity contribution in [2.75, 3.05) is 12.4 Å². The highest BCUT2D eigenvalue weighted by Gasteiger charge is 2.21. The number of carbonyl (C=O) groups excluding carboxylic acids is 2. The topological polar surface area (TPSA) is 55.4 Å². The smallest absolute Gasteiger partial charge is 0.341 e. The van der Waals surface area contributed by atoms with Gasteiger partial charge in [0.15, 0.2) is 0 Å². The highest BCUT2D eigenvalue weighted by Crippen LogP contribution is 2.36. The van der Waals surface area contributed by atoms with Crippen LogP contribution in [0.3, 0.4) is 0 Å². The Balaban J connectivity index is 1.84. The van der Waals surface area contributed by atoms with Crippen LogP contribution in [0.25, 0.3) is 17.2 Å². The molecule has 1 aromatic heterocycles. The number of methoxy groups -OCH3 is 1. The zero-order valence-corrected chi connectivity index (χ0v) is 17.1. The molecular formula is C21H15Cl2NO3S. The Morgan fingerprint density at radius 3 is 2.50 bits per heavy atom. The molecule has 0 aliphatic carbocycles. The summed E-state index contributed by atoms with van der Waals surface area (Å²) in [4.78, 5) is 24.7. The number of amides is 1. The largest absolute Gasteiger partial charge is 0.465 e. The van der Waals surface area contributed by atoms with Gasteiger partial charge >= 0.3 is 5.97 Å². The molecular weight excluding hydrogens is 417 g/mol. The van der Waals surface area contributed by atoms with Crippen LogP contribution in [-0.4, -0.2) is 19.0 Å². The first-order chi connectivity index (χ1) is 13.5. The van der Waals surface area contributed by atoms with Gasteiger partial charge in [-0.25, -0.2) is 4.79 Å². The fourth-order valence-electron chi connectivity index (χ4n) is 2.53. The van der Waals surface area contributed by atoms with Crippen LogP contribution in [0.4, 0.5) is 5.00 Å². The highest BCUT2D eigenvalue weighted by atomic mass is 35.5. The molecule has 1 amide bonds. The summed E-state index contributed by atoms with van der Waals surface area (Å²) in [6.45, 7) is 0. The van der Waals surface area contributed by atoms with Crippen LogP contribution in [0.15, 0.2) is 60.0 Å². The predicted octanol–water partition coefficient (Wildman–Crippen LogP) is 6.16. The van der Waals surface area contributed by atoms with Crippen LogP contribution in [0.1, 0.15) is 15.9 Å². The van der Waals surface area contributed by atoms with E-state index in [0.29, 0.717) is 26.2 Å². The second-order valence-corrected chi connectivity index (χ2v) is 7.40. The third-order valence-electron chi connectivity index (χ3n) is 3.87. The number of halogens is 2. The maximum atomic E-state index is 12.3. The third kappa shape index (κ3) is 4.62. The number of carbonyl (C=O) groups is 2. The van der Waals surface area contributed by atoms with Crippen LogP contribution in [-0.2, 0) is 9.53 Å². The van der Waals surface area contributed by atoms with Crippen molar-refractivity contribution < 1.29 is 14.3 Å². The van der Waals surface area contributed by atoms with Gasteiger partial charge in [0.25, 0.3) is 0 Å². The number of hydrogen-bond acceptors (Lipinski definition) is 4. The Morgan fingerprint density at radius 1 is 1.07 bits per heavy atom. The minimum atomic E-state index is -0.510. The zero-order chi connectivity index (χ0) is 20.1. The molecule has 0 bridgehead atoms. The van der Waals surface area contributed by atoms with Gasteiger partial charge in [-0.15, -0.1) is 11.3 Å². The lowest BCUT2D eigenvalue weighted by molar-refractivity contribution is -0.111. The minimum Gasteiger partial charge on any atom is -0.465 e. The van der Waals surface area contributed by atoms with Crippen molar-refractivity contribution in [2.45, 2.75) is 0 Å². The van der Waals surface area contributed by atoms with Crippen molar-refractivity contribution in [3.8, 4) is 11.1 Å². The molecule has 1 N–H and O–H groups in total. The molecule has 2 aromatic carbocycles. The molecule has 0 radical (unpaired) electrons. The molecule has 4 nitrogen and oxygen atoms in total. The summed E-state index contributed by atoms with van der Waals surface area (Å²) in [5.41, 5.74) is 2.64. The maximum absolute atomic E-state index is 12.3. The lowest BCUT2D eigenvalue weighted by Gasteiger charge is -2.06. The Labute approximate surface area is 176 Å². The van der Waals surface area contributed by atoms with Crippen LogP contribution in [0, 0.1) is 0 Å². The van der Waals surface area contributed by atoms with Gasteiger partial charge in [-0.1, -0.05) is 59.6 Å². The van der Waals surface area contributed by atoms with Gasteiger partial charge in [-0.2, -0.15) is 0 Å². The summed E-state index contributed by atoms with van der Waals surface area (Å²) in [6.07, 6.45) is 2.98. The normalized spacial score (nSPS) is 10.8. The first-order valence-corrected chi connectivity index (χ1v) is 9.82. The molecule has 0 atom stereocenters. The second kappa shape index (κ2) is 9.06. The van der Waals surface area contributed by atoms with E-state index in [4.69, 9.17) is 27.9 Å². The predicted molar refractivity (Wildman–Crippen MR) is 115 cm³/mol. The molecule has 3 aromatic rings. The number of anilines is 1. The van der Waals surface area contributed by atoms with Crippen LogP contribution >= 0.6 is 34.5 Å². The van der Waals surface area contributed by atoms with Crippen LogP contribution in [0.5, 0.6) is 0 Å². The second-order valence-electron chi connectivity index (χ2n) is 5.71. The molecule has 0 aliphatic rings. The Hall–Kier alpha value is -2.60. The number of benzene rings is 2. The summed E-state index contributed by atoms with van der Waals surface area (Å²) in [5.74, 6) is -0.887. The summed E-state index contributed by atoms with van der Waals surface area (Å²) in [7, 11) is 1.31. The molecule has 28 heavy (non-hydrogen) atoms. The molecule has 3 rings (SSSR count). The maximum Gasteiger partial charge on any atom is 0.341 e. The van der Waals surface area contributed by atoms with Crippen molar-refractivity contribution in [1.82, 2.24) is 0 Å². The van der Waals surface area contributed by atoms with Gasteiger partial charge in [-0.3, -0.25) is 4.79 Å². The molecule has 0 fully saturated rings. The van der Waals surface area contributed by atoms with Crippen molar-refractivity contribution >= 4 is 57.5 Å². The van der Waals surface area contributed by atoms with E-state index in [1.165, 1.54) is 24.5 Å². The van der Waals surface area contributed by atoms with Crippen LogP contribution in [0.2, 0.25) is 10.0 Å².